The van der Waals surface area contributed by atoms with Crippen LogP contribution in [0.4, 0.5) is 0 Å². The molecule has 32 nitrogen and oxygen atoms in total. The molecule has 77 heavy (non-hydrogen) atoms. The molecule has 1 rings (SSSR count). The van der Waals surface area contributed by atoms with E-state index >= 15 is 0 Å². The van der Waals surface area contributed by atoms with Crippen molar-refractivity contribution >= 4 is 65.0 Å². The summed E-state index contributed by atoms with van der Waals surface area (Å²) in [5, 5.41) is 93.1. The molecule has 1 heterocycles. The van der Waals surface area contributed by atoms with E-state index < -0.39 is 201 Å². The molecule has 0 aromatic heterocycles. The van der Waals surface area contributed by atoms with E-state index in [0.717, 1.165) is 20.8 Å². The molecule has 1 fully saturated rings. The maximum atomic E-state index is 13.6. The minimum atomic E-state index is -1.99. The van der Waals surface area contributed by atoms with Crippen LogP contribution in [0.1, 0.15) is 87.5 Å². The molecule has 0 aromatic carbocycles. The molecule has 1 aliphatic rings. The van der Waals surface area contributed by atoms with Gasteiger partial charge in [-0.25, -0.2) is 0 Å². The average Bonchev–Trinajstić information content (AvgIpc) is 3.35. The third kappa shape index (κ3) is 23.5. The minimum absolute atomic E-state index is 0.0713. The van der Waals surface area contributed by atoms with Crippen LogP contribution in [0.3, 0.4) is 0 Å². The largest absolute Gasteiger partial charge is 0.480 e. The van der Waals surface area contributed by atoms with Gasteiger partial charge in [0.1, 0.15) is 85.0 Å². The molecular formula is C45H79N11O21. The number of nitrogens with two attached hydrogens (primary N) is 2. The number of aliphatic hydroxyl groups is 6. The maximum absolute atomic E-state index is 13.6. The van der Waals surface area contributed by atoms with Crippen LogP contribution in [0, 0.1) is 0 Å². The van der Waals surface area contributed by atoms with Gasteiger partial charge in [-0.15, -0.1) is 0 Å². The smallest absolute Gasteiger partial charge is 0.325 e. The highest BCUT2D eigenvalue weighted by Gasteiger charge is 2.49. The quantitative estimate of drug-likeness (QED) is 0.0266. The number of aliphatic hydroxyl groups excluding tert-OH is 6. The number of carboxylic acids is 1. The number of amides is 10. The lowest BCUT2D eigenvalue weighted by Crippen LogP contribution is -2.67. The van der Waals surface area contributed by atoms with E-state index in [1.165, 1.54) is 34.6 Å². The van der Waals surface area contributed by atoms with Crippen molar-refractivity contribution in [1.82, 2.24) is 47.9 Å². The minimum Gasteiger partial charge on any atom is -0.480 e. The Bertz CT molecular complexity index is 2020. The van der Waals surface area contributed by atoms with Crippen LogP contribution in [0.5, 0.6) is 0 Å². The molecule has 0 spiro atoms. The summed E-state index contributed by atoms with van der Waals surface area (Å²) in [6, 6.07) is -11.9. The number of carboxylic acid groups (broad SMARTS) is 1. The van der Waals surface area contributed by atoms with E-state index in [1.54, 1.807) is 0 Å². The highest BCUT2D eigenvalue weighted by Crippen LogP contribution is 2.27. The Kier molecular flexibility index (Phi) is 30.2. The summed E-state index contributed by atoms with van der Waals surface area (Å²) in [6.07, 6.45) is -15.0. The number of carbonyl (C=O) groups excluding carboxylic acids is 10. The van der Waals surface area contributed by atoms with Crippen LogP contribution in [-0.2, 0) is 67.0 Å². The SMILES string of the molecule is CC(=O)NC(CO)[C@H](O[C@@H](C)C(=O)N[C@@H](C)C(=O)N[C@@H](CCC(=O)N[C@@H](CCCCNC(=O)[C@H](C)NC(=O)[C@H](C)N)C(=O)N[C@@H](C)C(=O)N[C@@H](C)C(=O)O)C(N)=O)[C@H](O[C@@H]1O[C@H](CO)[C@@H](O)[C@H](O)[C@H]1NC(C)=O)[C@H](O)CO. The lowest BCUT2D eigenvalue weighted by molar-refractivity contribution is -0.303. The molecule has 20 N–H and O–H groups in total. The van der Waals surface area contributed by atoms with Crippen molar-refractivity contribution < 1.29 is 103 Å². The summed E-state index contributed by atoms with van der Waals surface area (Å²) in [4.78, 5) is 139. The molecule has 32 heteroatoms. The molecule has 1 saturated heterocycles. The van der Waals surface area contributed by atoms with Crippen LogP contribution >= 0.6 is 0 Å². The zero-order valence-electron chi connectivity index (χ0n) is 44.2. The van der Waals surface area contributed by atoms with Gasteiger partial charge < -0.3 is 109 Å². The first-order valence-corrected chi connectivity index (χ1v) is 24.6. The predicted octanol–water partition coefficient (Wildman–Crippen LogP) is -9.09. The number of nitrogens with one attached hydrogen (secondary N) is 9. The first-order chi connectivity index (χ1) is 35.9. The van der Waals surface area contributed by atoms with Gasteiger partial charge in [-0.2, -0.15) is 0 Å². The van der Waals surface area contributed by atoms with E-state index in [2.05, 4.69) is 47.9 Å². The zero-order valence-corrected chi connectivity index (χ0v) is 44.2. The van der Waals surface area contributed by atoms with Crippen LogP contribution in [-0.4, -0.2) is 231 Å². The fourth-order valence-corrected chi connectivity index (χ4v) is 7.24. The highest BCUT2D eigenvalue weighted by molar-refractivity contribution is 5.94. The molecular weight excluding hydrogens is 1030 g/mol. The van der Waals surface area contributed by atoms with Crippen molar-refractivity contribution in [2.45, 2.75) is 191 Å². The van der Waals surface area contributed by atoms with Crippen LogP contribution < -0.4 is 59.3 Å². The summed E-state index contributed by atoms with van der Waals surface area (Å²) in [6.45, 7) is 6.91. The van der Waals surface area contributed by atoms with Crippen LogP contribution in [0.25, 0.3) is 0 Å². The van der Waals surface area contributed by atoms with Crippen molar-refractivity contribution in [3.63, 3.8) is 0 Å². The average molecular weight is 1110 g/mol. The lowest BCUT2D eigenvalue weighted by atomic mass is 9.96. The Hall–Kier alpha value is -6.23. The third-order valence-corrected chi connectivity index (χ3v) is 11.7. The number of carbonyl (C=O) groups is 11. The Morgan fingerprint density at radius 3 is 1.70 bits per heavy atom. The number of hydrogen-bond donors (Lipinski definition) is 18. The summed E-state index contributed by atoms with van der Waals surface area (Å²) < 4.78 is 17.4. The molecule has 0 bridgehead atoms. The molecule has 0 aromatic rings. The molecule has 1 unspecified atom stereocenters. The van der Waals surface area contributed by atoms with Crippen molar-refractivity contribution in [1.29, 1.82) is 0 Å². The maximum Gasteiger partial charge on any atom is 0.325 e. The van der Waals surface area contributed by atoms with Gasteiger partial charge in [-0.05, 0) is 67.2 Å². The molecule has 0 radical (unpaired) electrons. The fraction of sp³-hybridized carbons (Fsp3) is 0.756. The molecule has 1 aliphatic heterocycles. The van der Waals surface area contributed by atoms with Gasteiger partial charge >= 0.3 is 5.97 Å². The second kappa shape index (κ2) is 33.8. The van der Waals surface area contributed by atoms with Gasteiger partial charge in [-0.1, -0.05) is 0 Å². The Morgan fingerprint density at radius 1 is 0.623 bits per heavy atom. The number of rotatable bonds is 34. The topological polar surface area (TPSA) is 517 Å². The highest BCUT2D eigenvalue weighted by atomic mass is 16.7. The Labute approximate surface area is 443 Å². The predicted molar refractivity (Wildman–Crippen MR) is 263 cm³/mol. The van der Waals surface area contributed by atoms with E-state index in [-0.39, 0.29) is 25.8 Å². The van der Waals surface area contributed by atoms with Gasteiger partial charge in [0.15, 0.2) is 6.29 Å². The monoisotopic (exact) mass is 1110 g/mol. The first-order valence-electron chi connectivity index (χ1n) is 24.6. The third-order valence-electron chi connectivity index (χ3n) is 11.7. The summed E-state index contributed by atoms with van der Waals surface area (Å²) >= 11 is 0. The van der Waals surface area contributed by atoms with Crippen molar-refractivity contribution in [3.05, 3.63) is 0 Å². The fourth-order valence-electron chi connectivity index (χ4n) is 7.24. The summed E-state index contributed by atoms with van der Waals surface area (Å²) in [7, 11) is 0. The van der Waals surface area contributed by atoms with Gasteiger partial charge in [-0.3, -0.25) is 52.7 Å². The number of unbranched alkanes of at least 4 members (excludes halogenated alkanes) is 1. The molecule has 440 valence electrons. The van der Waals surface area contributed by atoms with Crippen molar-refractivity contribution in [2.24, 2.45) is 11.5 Å². The van der Waals surface area contributed by atoms with Gasteiger partial charge in [0.25, 0.3) is 0 Å². The standard InChI is InChI=1S/C45H79N11O21/c1-18(46)38(67)49-19(2)39(68)48-14-10-9-11-27(43(72)51-20(3)40(69)52-22(5)44(73)74)55-31(63)13-12-26(37(47)66)56-41(70)21(4)50-42(71)23(6)75-35(28(15-57)53-24(7)60)36(29(62)16-58)77-45-32(54-25(8)61)34(65)33(64)30(17-59)76-45/h18-23,26-30,32-36,45,57-59,62,64-65H,9-17,46H2,1-8H3,(H2,47,66)(H,48,68)(H,49,67)(H,50,71)(H,51,72)(H,52,69)(H,53,60)(H,54,61)(H,55,63)(H,56,70)(H,73,74)/t18-,19-,20-,21-,22-,23-,26-,27-,28?,29+,30+,32+,33+,34+,35-,36+,45-/m0/s1. The Morgan fingerprint density at radius 2 is 1.18 bits per heavy atom. The lowest BCUT2D eigenvalue weighted by Gasteiger charge is -2.45. The van der Waals surface area contributed by atoms with Crippen LogP contribution in [0.15, 0.2) is 0 Å². The summed E-state index contributed by atoms with van der Waals surface area (Å²) in [5.74, 6) is -9.71. The van der Waals surface area contributed by atoms with Gasteiger partial charge in [0.05, 0.1) is 31.9 Å². The number of aliphatic carboxylic acids is 1. The summed E-state index contributed by atoms with van der Waals surface area (Å²) in [5.41, 5.74) is 11.1. The molecule has 0 saturated carbocycles. The Balaban J connectivity index is 3.22. The normalized spacial score (nSPS) is 21.9. The molecule has 17 atom stereocenters. The van der Waals surface area contributed by atoms with Gasteiger partial charge in [0.2, 0.25) is 59.1 Å². The second-order valence-corrected chi connectivity index (χ2v) is 18.5. The van der Waals surface area contributed by atoms with E-state index in [4.69, 9.17) is 30.8 Å². The van der Waals surface area contributed by atoms with Crippen molar-refractivity contribution in [3.8, 4) is 0 Å². The van der Waals surface area contributed by atoms with Gasteiger partial charge in [0, 0.05) is 26.8 Å². The molecule has 10 amide bonds. The molecule has 0 aliphatic carbocycles. The van der Waals surface area contributed by atoms with E-state index in [1.807, 2.05) is 0 Å². The van der Waals surface area contributed by atoms with Crippen LogP contribution in [0.2, 0.25) is 0 Å². The van der Waals surface area contributed by atoms with Crippen molar-refractivity contribution in [2.75, 3.05) is 26.4 Å². The van der Waals surface area contributed by atoms with E-state index in [0.29, 0.717) is 0 Å². The number of primary amides is 1. The second-order valence-electron chi connectivity index (χ2n) is 18.5. The number of hydrogen-bond acceptors (Lipinski definition) is 21. The van der Waals surface area contributed by atoms with E-state index in [9.17, 15) is 83.4 Å². The number of ether oxygens (including phenoxy) is 3. The zero-order chi connectivity index (χ0) is 59.0. The first kappa shape index (κ1) is 68.8.